The maximum absolute atomic E-state index is 6.08. The molecule has 0 fully saturated rings. The molecule has 4 heteroatoms. The Morgan fingerprint density at radius 3 is 2.75 bits per heavy atom. The molecule has 2 aromatic rings. The summed E-state index contributed by atoms with van der Waals surface area (Å²) in [4.78, 5) is 6.58. The highest BCUT2D eigenvalue weighted by molar-refractivity contribution is 5.58. The van der Waals surface area contributed by atoms with Gasteiger partial charge in [0.15, 0.2) is 0 Å². The smallest absolute Gasteiger partial charge is 0.138 e. The molecule has 4 nitrogen and oxygen atoms in total. The molecule has 0 aromatic carbocycles. The summed E-state index contributed by atoms with van der Waals surface area (Å²) < 4.78 is 1.96. The van der Waals surface area contributed by atoms with Gasteiger partial charge < -0.3 is 10.6 Å². The molecule has 0 amide bonds. The third kappa shape index (κ3) is 1.71. The lowest BCUT2D eigenvalue weighted by Crippen LogP contribution is -2.09. The number of aromatic nitrogens is 2. The van der Waals surface area contributed by atoms with Crippen molar-refractivity contribution in [3.8, 4) is 0 Å². The Kier molecular flexibility index (Phi) is 2.73. The van der Waals surface area contributed by atoms with Gasteiger partial charge in [-0.3, -0.25) is 4.40 Å². The molecule has 0 spiro atoms. The zero-order valence-corrected chi connectivity index (χ0v) is 10.1. The lowest BCUT2D eigenvalue weighted by molar-refractivity contribution is 0.897. The number of anilines is 2. The van der Waals surface area contributed by atoms with Crippen LogP contribution in [-0.2, 0) is 6.42 Å². The average Bonchev–Trinajstić information content (AvgIpc) is 2.56. The Labute approximate surface area is 95.7 Å². The summed E-state index contributed by atoms with van der Waals surface area (Å²) in [5.41, 5.74) is 9.12. The second-order valence-corrected chi connectivity index (χ2v) is 4.20. The first-order chi connectivity index (χ1) is 7.63. The van der Waals surface area contributed by atoms with E-state index >= 15 is 0 Å². The van der Waals surface area contributed by atoms with Crippen LogP contribution in [0.1, 0.15) is 19.0 Å². The van der Waals surface area contributed by atoms with Gasteiger partial charge in [-0.15, -0.1) is 0 Å². The summed E-state index contributed by atoms with van der Waals surface area (Å²) in [6.07, 6.45) is 4.02. The monoisotopic (exact) mass is 218 g/mol. The van der Waals surface area contributed by atoms with E-state index in [-0.39, 0.29) is 0 Å². The fourth-order valence-electron chi connectivity index (χ4n) is 1.79. The van der Waals surface area contributed by atoms with Crippen molar-refractivity contribution in [2.45, 2.75) is 19.8 Å². The van der Waals surface area contributed by atoms with Crippen molar-refractivity contribution in [1.82, 2.24) is 9.38 Å². The van der Waals surface area contributed by atoms with Crippen LogP contribution in [0.3, 0.4) is 0 Å². The summed E-state index contributed by atoms with van der Waals surface area (Å²) in [5.74, 6) is 0.764. The Bertz CT molecular complexity index is 499. The molecule has 0 saturated carbocycles. The van der Waals surface area contributed by atoms with E-state index in [1.807, 2.05) is 30.8 Å². The molecule has 0 bridgehead atoms. The highest BCUT2D eigenvalue weighted by atomic mass is 15.1. The summed E-state index contributed by atoms with van der Waals surface area (Å²) in [6.45, 7) is 2.13. The largest absolute Gasteiger partial charge is 0.383 e. The number of nitrogens with two attached hydrogens (primary N) is 1. The molecule has 0 saturated heterocycles. The quantitative estimate of drug-likeness (QED) is 0.856. The number of nitrogens with zero attached hydrogens (tertiary/aromatic N) is 3. The van der Waals surface area contributed by atoms with E-state index in [1.54, 1.807) is 0 Å². The predicted molar refractivity (Wildman–Crippen MR) is 67.9 cm³/mol. The summed E-state index contributed by atoms with van der Waals surface area (Å²) in [6, 6.07) is 4.06. The first kappa shape index (κ1) is 10.8. The Morgan fingerprint density at radius 1 is 1.38 bits per heavy atom. The van der Waals surface area contributed by atoms with E-state index in [2.05, 4.69) is 22.9 Å². The summed E-state index contributed by atoms with van der Waals surface area (Å²) in [7, 11) is 4.03. The van der Waals surface area contributed by atoms with Crippen LogP contribution in [0.5, 0.6) is 0 Å². The van der Waals surface area contributed by atoms with Gasteiger partial charge in [-0.1, -0.05) is 13.3 Å². The minimum Gasteiger partial charge on any atom is -0.383 e. The topological polar surface area (TPSA) is 46.6 Å². The van der Waals surface area contributed by atoms with E-state index in [9.17, 15) is 0 Å². The standard InChI is InChI=1S/C12H18N4/c1-4-5-10-12(13)16-8-9(15(2)3)6-7-11(16)14-10/h6-8H,4-5,13H2,1-3H3. The molecule has 2 aromatic heterocycles. The maximum Gasteiger partial charge on any atom is 0.138 e. The third-order valence-corrected chi connectivity index (χ3v) is 2.72. The molecule has 0 aliphatic heterocycles. The number of fused-ring (bicyclic) bond motifs is 1. The fourth-order valence-corrected chi connectivity index (χ4v) is 1.79. The van der Waals surface area contributed by atoms with Crippen LogP contribution >= 0.6 is 0 Å². The maximum atomic E-state index is 6.08. The van der Waals surface area contributed by atoms with Crippen molar-refractivity contribution in [2.24, 2.45) is 0 Å². The number of hydrogen-bond acceptors (Lipinski definition) is 3. The van der Waals surface area contributed by atoms with Gasteiger partial charge in [-0.05, 0) is 18.6 Å². The lowest BCUT2D eigenvalue weighted by Gasteiger charge is -2.12. The van der Waals surface area contributed by atoms with Gasteiger partial charge in [-0.2, -0.15) is 0 Å². The molecule has 0 radical (unpaired) electrons. The summed E-state index contributed by atoms with van der Waals surface area (Å²) in [5, 5.41) is 0. The van der Waals surface area contributed by atoms with Gasteiger partial charge in [0.2, 0.25) is 0 Å². The highest BCUT2D eigenvalue weighted by Gasteiger charge is 2.08. The summed E-state index contributed by atoms with van der Waals surface area (Å²) >= 11 is 0. The van der Waals surface area contributed by atoms with Gasteiger partial charge in [0.1, 0.15) is 11.5 Å². The van der Waals surface area contributed by atoms with Crippen molar-refractivity contribution in [3.63, 3.8) is 0 Å². The minimum absolute atomic E-state index is 0.764. The van der Waals surface area contributed by atoms with Crippen LogP contribution in [0.25, 0.3) is 5.65 Å². The Morgan fingerprint density at radius 2 is 2.12 bits per heavy atom. The van der Waals surface area contributed by atoms with E-state index in [4.69, 9.17) is 5.73 Å². The zero-order valence-electron chi connectivity index (χ0n) is 10.1. The van der Waals surface area contributed by atoms with Gasteiger partial charge in [0, 0.05) is 20.3 Å². The van der Waals surface area contributed by atoms with E-state index < -0.39 is 0 Å². The first-order valence-electron chi connectivity index (χ1n) is 5.57. The number of imidazole rings is 1. The third-order valence-electron chi connectivity index (χ3n) is 2.72. The molecule has 16 heavy (non-hydrogen) atoms. The normalized spacial score (nSPS) is 10.9. The van der Waals surface area contributed by atoms with Crippen LogP contribution in [0.15, 0.2) is 18.3 Å². The van der Waals surface area contributed by atoms with E-state index in [0.717, 1.165) is 35.7 Å². The molecule has 0 unspecified atom stereocenters. The highest BCUT2D eigenvalue weighted by Crippen LogP contribution is 2.20. The number of aryl methyl sites for hydroxylation is 1. The molecule has 0 atom stereocenters. The molecule has 2 rings (SSSR count). The lowest BCUT2D eigenvalue weighted by atomic mass is 10.2. The molecule has 2 N–H and O–H groups in total. The first-order valence-corrected chi connectivity index (χ1v) is 5.57. The van der Waals surface area contributed by atoms with Crippen LogP contribution in [0.2, 0.25) is 0 Å². The average molecular weight is 218 g/mol. The van der Waals surface area contributed by atoms with Crippen LogP contribution in [0.4, 0.5) is 11.5 Å². The van der Waals surface area contributed by atoms with Crippen molar-refractivity contribution in [2.75, 3.05) is 24.7 Å². The second-order valence-electron chi connectivity index (χ2n) is 4.20. The second kappa shape index (κ2) is 4.04. The fraction of sp³-hybridized carbons (Fsp3) is 0.417. The predicted octanol–water partition coefficient (Wildman–Crippen LogP) is 1.94. The number of rotatable bonds is 3. The van der Waals surface area contributed by atoms with Gasteiger partial charge in [-0.25, -0.2) is 4.98 Å². The van der Waals surface area contributed by atoms with Gasteiger partial charge >= 0.3 is 0 Å². The number of hydrogen-bond donors (Lipinski definition) is 1. The van der Waals surface area contributed by atoms with Crippen LogP contribution in [0, 0.1) is 0 Å². The SMILES string of the molecule is CCCc1nc2ccc(N(C)C)cn2c1N. The van der Waals surface area contributed by atoms with Gasteiger partial charge in [0.05, 0.1) is 11.4 Å². The molecule has 0 aliphatic carbocycles. The van der Waals surface area contributed by atoms with E-state index in [1.165, 1.54) is 0 Å². The van der Waals surface area contributed by atoms with Crippen molar-refractivity contribution < 1.29 is 0 Å². The Balaban J connectivity index is 2.55. The van der Waals surface area contributed by atoms with Crippen LogP contribution < -0.4 is 10.6 Å². The molecule has 86 valence electrons. The van der Waals surface area contributed by atoms with Crippen molar-refractivity contribution >= 4 is 17.2 Å². The van der Waals surface area contributed by atoms with E-state index in [0.29, 0.717) is 0 Å². The molecule has 0 aliphatic rings. The number of nitrogen functional groups attached to an aromatic ring is 1. The minimum atomic E-state index is 0.764. The molecule has 2 heterocycles. The Hall–Kier alpha value is -1.71. The number of pyridine rings is 1. The molecular formula is C12H18N4. The van der Waals surface area contributed by atoms with Crippen molar-refractivity contribution in [1.29, 1.82) is 0 Å². The van der Waals surface area contributed by atoms with Gasteiger partial charge in [0.25, 0.3) is 0 Å². The van der Waals surface area contributed by atoms with Crippen LogP contribution in [-0.4, -0.2) is 23.5 Å². The molecular weight excluding hydrogens is 200 g/mol. The van der Waals surface area contributed by atoms with Crippen molar-refractivity contribution in [3.05, 3.63) is 24.0 Å². The zero-order chi connectivity index (χ0) is 11.7.